The molecule has 6 nitrogen and oxygen atoms in total. The SMILES string of the molecule is CC(C)(C)NC(=O)NC(=O)CNc1ccccc1NC12CC3CC(CC(C3)C1)C2. The van der Waals surface area contributed by atoms with Crippen molar-refractivity contribution in [1.29, 1.82) is 0 Å². The van der Waals surface area contributed by atoms with Crippen molar-refractivity contribution in [3.8, 4) is 0 Å². The molecule has 6 heteroatoms. The quantitative estimate of drug-likeness (QED) is 0.602. The van der Waals surface area contributed by atoms with E-state index in [-0.39, 0.29) is 23.5 Å². The molecule has 4 fully saturated rings. The molecule has 5 rings (SSSR count). The van der Waals surface area contributed by atoms with Crippen LogP contribution in [0, 0.1) is 17.8 Å². The van der Waals surface area contributed by atoms with E-state index in [1.54, 1.807) is 0 Å². The number of amides is 3. The topological polar surface area (TPSA) is 82.3 Å². The highest BCUT2D eigenvalue weighted by molar-refractivity contribution is 5.96. The summed E-state index contributed by atoms with van der Waals surface area (Å²) < 4.78 is 0. The summed E-state index contributed by atoms with van der Waals surface area (Å²) in [5, 5.41) is 12.2. The van der Waals surface area contributed by atoms with Gasteiger partial charge in [0.05, 0.1) is 17.9 Å². The van der Waals surface area contributed by atoms with Gasteiger partial charge in [-0.2, -0.15) is 0 Å². The van der Waals surface area contributed by atoms with E-state index in [1.165, 1.54) is 38.5 Å². The van der Waals surface area contributed by atoms with Crippen LogP contribution in [0.1, 0.15) is 59.3 Å². The number of imide groups is 1. The van der Waals surface area contributed by atoms with Crippen LogP contribution in [0.5, 0.6) is 0 Å². The predicted octanol–water partition coefficient (Wildman–Crippen LogP) is 4.10. The van der Waals surface area contributed by atoms with Gasteiger partial charge in [-0.15, -0.1) is 0 Å². The maximum absolute atomic E-state index is 12.2. The molecule has 0 unspecified atom stereocenters. The van der Waals surface area contributed by atoms with Crippen LogP contribution in [0.2, 0.25) is 0 Å². The van der Waals surface area contributed by atoms with Crippen LogP contribution in [0.4, 0.5) is 16.2 Å². The Balaban J connectivity index is 1.37. The Morgan fingerprint density at radius 1 is 0.966 bits per heavy atom. The average Bonchev–Trinajstić information content (AvgIpc) is 2.57. The summed E-state index contributed by atoms with van der Waals surface area (Å²) in [7, 11) is 0. The third kappa shape index (κ3) is 4.85. The van der Waals surface area contributed by atoms with E-state index in [4.69, 9.17) is 0 Å². The van der Waals surface area contributed by atoms with Gasteiger partial charge in [0.2, 0.25) is 5.91 Å². The zero-order valence-corrected chi connectivity index (χ0v) is 17.8. The first-order chi connectivity index (χ1) is 13.7. The smallest absolute Gasteiger partial charge is 0.321 e. The van der Waals surface area contributed by atoms with Crippen molar-refractivity contribution in [2.75, 3.05) is 17.2 Å². The van der Waals surface area contributed by atoms with Crippen LogP contribution in [0.3, 0.4) is 0 Å². The number of carbonyl (C=O) groups is 2. The van der Waals surface area contributed by atoms with Crippen molar-refractivity contribution in [2.45, 2.75) is 70.4 Å². The second-order valence-electron chi connectivity index (χ2n) is 10.5. The van der Waals surface area contributed by atoms with E-state index in [1.807, 2.05) is 39.0 Å². The number of benzene rings is 1. The zero-order chi connectivity index (χ0) is 20.6. The number of urea groups is 1. The molecule has 0 aliphatic heterocycles. The van der Waals surface area contributed by atoms with Crippen LogP contribution in [-0.4, -0.2) is 29.6 Å². The van der Waals surface area contributed by atoms with Crippen molar-refractivity contribution in [3.05, 3.63) is 24.3 Å². The summed E-state index contributed by atoms with van der Waals surface area (Å²) >= 11 is 0. The van der Waals surface area contributed by atoms with E-state index in [0.29, 0.717) is 0 Å². The third-order valence-corrected chi connectivity index (χ3v) is 6.55. The summed E-state index contributed by atoms with van der Waals surface area (Å²) in [6, 6.07) is 7.61. The maximum atomic E-state index is 12.2. The molecule has 4 saturated carbocycles. The molecule has 1 aromatic carbocycles. The van der Waals surface area contributed by atoms with Crippen LogP contribution in [-0.2, 0) is 4.79 Å². The molecule has 0 atom stereocenters. The first-order valence-corrected chi connectivity index (χ1v) is 10.9. The van der Waals surface area contributed by atoms with Crippen molar-refractivity contribution in [3.63, 3.8) is 0 Å². The lowest BCUT2D eigenvalue weighted by Crippen LogP contribution is -2.54. The van der Waals surface area contributed by atoms with Crippen LogP contribution in [0.25, 0.3) is 0 Å². The molecular formula is C23H34N4O2. The molecular weight excluding hydrogens is 364 g/mol. The molecule has 4 aliphatic rings. The van der Waals surface area contributed by atoms with Crippen LogP contribution in [0.15, 0.2) is 24.3 Å². The zero-order valence-electron chi connectivity index (χ0n) is 17.8. The first-order valence-electron chi connectivity index (χ1n) is 10.9. The van der Waals surface area contributed by atoms with Gasteiger partial charge in [-0.3, -0.25) is 10.1 Å². The summed E-state index contributed by atoms with van der Waals surface area (Å²) in [5.41, 5.74) is 1.80. The monoisotopic (exact) mass is 398 g/mol. The fourth-order valence-corrected chi connectivity index (χ4v) is 6.01. The summed E-state index contributed by atoms with van der Waals surface area (Å²) in [6.07, 6.45) is 8.04. The van der Waals surface area contributed by atoms with Gasteiger partial charge in [-0.25, -0.2) is 4.79 Å². The van der Waals surface area contributed by atoms with Gasteiger partial charge in [0.25, 0.3) is 0 Å². The number of rotatable bonds is 5. The van der Waals surface area contributed by atoms with E-state index in [9.17, 15) is 9.59 Å². The van der Waals surface area contributed by atoms with Gasteiger partial charge in [-0.05, 0) is 89.2 Å². The summed E-state index contributed by atoms with van der Waals surface area (Å²) in [6.45, 7) is 5.68. The largest absolute Gasteiger partial charge is 0.378 e. The Morgan fingerprint density at radius 3 is 2.07 bits per heavy atom. The second-order valence-corrected chi connectivity index (χ2v) is 10.5. The lowest BCUT2D eigenvalue weighted by molar-refractivity contribution is -0.118. The lowest BCUT2D eigenvalue weighted by atomic mass is 9.53. The minimum Gasteiger partial charge on any atom is -0.378 e. The Kier molecular flexibility index (Phi) is 5.21. The number of hydrogen-bond acceptors (Lipinski definition) is 4. The number of para-hydroxylation sites is 2. The Bertz CT molecular complexity index is 748. The second kappa shape index (κ2) is 7.54. The number of nitrogens with one attached hydrogen (secondary N) is 4. The highest BCUT2D eigenvalue weighted by Gasteiger charge is 2.51. The van der Waals surface area contributed by atoms with Crippen LogP contribution >= 0.6 is 0 Å². The van der Waals surface area contributed by atoms with E-state index >= 15 is 0 Å². The average molecular weight is 399 g/mol. The normalized spacial score (nSPS) is 30.0. The van der Waals surface area contributed by atoms with E-state index < -0.39 is 6.03 Å². The van der Waals surface area contributed by atoms with Gasteiger partial charge in [0.1, 0.15) is 0 Å². The molecule has 4 N–H and O–H groups in total. The Hall–Kier alpha value is -2.24. The molecule has 4 aliphatic carbocycles. The van der Waals surface area contributed by atoms with Gasteiger partial charge in [0, 0.05) is 11.1 Å². The van der Waals surface area contributed by atoms with Gasteiger partial charge in [-0.1, -0.05) is 12.1 Å². The van der Waals surface area contributed by atoms with Crippen molar-refractivity contribution >= 4 is 23.3 Å². The van der Waals surface area contributed by atoms with Gasteiger partial charge < -0.3 is 16.0 Å². The lowest BCUT2D eigenvalue weighted by Gasteiger charge is -2.57. The highest BCUT2D eigenvalue weighted by Crippen LogP contribution is 2.56. The molecule has 0 aromatic heterocycles. The molecule has 4 bridgehead atoms. The fourth-order valence-electron chi connectivity index (χ4n) is 6.01. The molecule has 0 radical (unpaired) electrons. The number of hydrogen-bond donors (Lipinski definition) is 4. The number of anilines is 2. The maximum Gasteiger partial charge on any atom is 0.321 e. The molecule has 3 amide bonds. The minimum atomic E-state index is -0.468. The van der Waals surface area contributed by atoms with Gasteiger partial charge >= 0.3 is 6.03 Å². The molecule has 158 valence electrons. The molecule has 0 saturated heterocycles. The van der Waals surface area contributed by atoms with Crippen molar-refractivity contribution in [2.24, 2.45) is 17.8 Å². The molecule has 0 heterocycles. The number of carbonyl (C=O) groups excluding carboxylic acids is 2. The van der Waals surface area contributed by atoms with E-state index in [0.717, 1.165) is 29.1 Å². The minimum absolute atomic E-state index is 0.0527. The standard InChI is InChI=1S/C23H34N4O2/c1-22(2,3)27-21(29)25-20(28)14-24-18-6-4-5-7-19(18)26-23-11-15-8-16(12-23)10-17(9-15)13-23/h4-7,15-17,24,26H,8-14H2,1-3H3,(H2,25,27,28,29). The molecule has 29 heavy (non-hydrogen) atoms. The summed E-state index contributed by atoms with van der Waals surface area (Å²) in [5.74, 6) is 2.28. The predicted molar refractivity (Wildman–Crippen MR) is 116 cm³/mol. The first kappa shape index (κ1) is 20.0. The fraction of sp³-hybridized carbons (Fsp3) is 0.652. The third-order valence-electron chi connectivity index (χ3n) is 6.55. The Morgan fingerprint density at radius 2 is 1.52 bits per heavy atom. The molecule has 0 spiro atoms. The van der Waals surface area contributed by atoms with Gasteiger partial charge in [0.15, 0.2) is 0 Å². The summed E-state index contributed by atoms with van der Waals surface area (Å²) in [4.78, 5) is 24.1. The van der Waals surface area contributed by atoms with Crippen molar-refractivity contribution in [1.82, 2.24) is 10.6 Å². The Labute approximate surface area is 173 Å². The highest BCUT2D eigenvalue weighted by atomic mass is 16.2. The molecule has 1 aromatic rings. The van der Waals surface area contributed by atoms with Crippen molar-refractivity contribution < 1.29 is 9.59 Å². The van der Waals surface area contributed by atoms with E-state index in [2.05, 4.69) is 27.3 Å². The van der Waals surface area contributed by atoms with Crippen LogP contribution < -0.4 is 21.3 Å².